The van der Waals surface area contributed by atoms with E-state index in [1.165, 1.54) is 23.1 Å². The third-order valence-electron chi connectivity index (χ3n) is 4.87. The summed E-state index contributed by atoms with van der Waals surface area (Å²) >= 11 is 2.65. The molecule has 168 valence electrons. The van der Waals surface area contributed by atoms with Crippen LogP contribution in [-0.4, -0.2) is 22.1 Å². The molecule has 8 heteroatoms. The molecule has 0 spiro atoms. The normalized spacial score (nSPS) is 11.8. The number of rotatable bonds is 9. The SMILES string of the molecule is C=CCn1c(SC(C(=O)Nc2ccccc2OCC)c2ccccc2)nc2sccc2c1=O. The van der Waals surface area contributed by atoms with E-state index in [0.717, 1.165) is 5.56 Å². The number of anilines is 1. The predicted molar refractivity (Wildman–Crippen MR) is 135 cm³/mol. The minimum atomic E-state index is -0.638. The molecule has 33 heavy (non-hydrogen) atoms. The van der Waals surface area contributed by atoms with Crippen molar-refractivity contribution in [3.8, 4) is 5.75 Å². The van der Waals surface area contributed by atoms with Crippen LogP contribution in [0, 0.1) is 0 Å². The van der Waals surface area contributed by atoms with Crippen molar-refractivity contribution >= 4 is 44.9 Å². The Kier molecular flexibility index (Phi) is 7.26. The van der Waals surface area contributed by atoms with Gasteiger partial charge in [-0.25, -0.2) is 4.98 Å². The lowest BCUT2D eigenvalue weighted by molar-refractivity contribution is -0.115. The Bertz CT molecular complexity index is 1330. The molecule has 1 unspecified atom stereocenters. The van der Waals surface area contributed by atoms with Gasteiger partial charge in [-0.1, -0.05) is 60.3 Å². The first-order valence-electron chi connectivity index (χ1n) is 10.5. The van der Waals surface area contributed by atoms with Gasteiger partial charge in [0.2, 0.25) is 5.91 Å². The van der Waals surface area contributed by atoms with Crippen LogP contribution in [0.15, 0.2) is 88.6 Å². The molecule has 2 aromatic carbocycles. The molecule has 0 saturated heterocycles. The molecule has 0 aliphatic rings. The van der Waals surface area contributed by atoms with E-state index in [9.17, 15) is 9.59 Å². The molecule has 1 N–H and O–H groups in total. The zero-order chi connectivity index (χ0) is 23.2. The highest BCUT2D eigenvalue weighted by atomic mass is 32.2. The van der Waals surface area contributed by atoms with Gasteiger partial charge in [-0.2, -0.15) is 0 Å². The average Bonchev–Trinajstić information content (AvgIpc) is 3.30. The van der Waals surface area contributed by atoms with E-state index in [1.54, 1.807) is 22.8 Å². The van der Waals surface area contributed by atoms with Crippen molar-refractivity contribution in [3.63, 3.8) is 0 Å². The fourth-order valence-electron chi connectivity index (χ4n) is 3.37. The summed E-state index contributed by atoms with van der Waals surface area (Å²) in [7, 11) is 0. The summed E-state index contributed by atoms with van der Waals surface area (Å²) in [4.78, 5) is 31.9. The first-order valence-corrected chi connectivity index (χ1v) is 12.2. The molecule has 0 radical (unpaired) electrons. The Morgan fingerprint density at radius 1 is 1.21 bits per heavy atom. The van der Waals surface area contributed by atoms with Gasteiger partial charge in [0.1, 0.15) is 15.8 Å². The van der Waals surface area contributed by atoms with Gasteiger partial charge < -0.3 is 10.1 Å². The Morgan fingerprint density at radius 2 is 1.97 bits per heavy atom. The van der Waals surface area contributed by atoms with E-state index in [-0.39, 0.29) is 11.5 Å². The quantitative estimate of drug-likeness (QED) is 0.195. The molecule has 0 aliphatic heterocycles. The van der Waals surface area contributed by atoms with Gasteiger partial charge in [0.15, 0.2) is 5.16 Å². The average molecular weight is 478 g/mol. The van der Waals surface area contributed by atoms with E-state index < -0.39 is 5.25 Å². The molecule has 0 fully saturated rings. The summed E-state index contributed by atoms with van der Waals surface area (Å²) < 4.78 is 7.22. The van der Waals surface area contributed by atoms with Crippen LogP contribution in [0.2, 0.25) is 0 Å². The molecule has 0 bridgehead atoms. The van der Waals surface area contributed by atoms with Gasteiger partial charge >= 0.3 is 0 Å². The van der Waals surface area contributed by atoms with Crippen LogP contribution >= 0.6 is 23.1 Å². The van der Waals surface area contributed by atoms with E-state index in [2.05, 4.69) is 11.9 Å². The summed E-state index contributed by atoms with van der Waals surface area (Å²) in [5.41, 5.74) is 1.26. The van der Waals surface area contributed by atoms with Crippen LogP contribution in [0.3, 0.4) is 0 Å². The standard InChI is InChI=1S/C25H23N3O3S2/c1-3-15-28-24(30)18-14-16-32-23(18)27-25(28)33-21(17-10-6-5-7-11-17)22(29)26-19-12-8-9-13-20(19)31-4-2/h3,5-14,16,21H,1,4,15H2,2H3,(H,26,29). The van der Waals surface area contributed by atoms with Crippen LogP contribution in [0.5, 0.6) is 5.75 Å². The van der Waals surface area contributed by atoms with E-state index in [0.29, 0.717) is 40.0 Å². The Hall–Kier alpha value is -3.36. The highest BCUT2D eigenvalue weighted by Gasteiger charge is 2.26. The van der Waals surface area contributed by atoms with Crippen molar-refractivity contribution in [2.75, 3.05) is 11.9 Å². The Balaban J connectivity index is 1.74. The minimum Gasteiger partial charge on any atom is -0.492 e. The lowest BCUT2D eigenvalue weighted by Crippen LogP contribution is -2.24. The number of benzene rings is 2. The van der Waals surface area contributed by atoms with Crippen LogP contribution < -0.4 is 15.6 Å². The molecular weight excluding hydrogens is 454 g/mol. The molecule has 1 amide bonds. The van der Waals surface area contributed by atoms with Crippen LogP contribution in [-0.2, 0) is 11.3 Å². The largest absolute Gasteiger partial charge is 0.492 e. The summed E-state index contributed by atoms with van der Waals surface area (Å²) in [6, 6.07) is 18.6. The van der Waals surface area contributed by atoms with Gasteiger partial charge in [0, 0.05) is 6.54 Å². The molecule has 6 nitrogen and oxygen atoms in total. The molecule has 4 rings (SSSR count). The fraction of sp³-hybridized carbons (Fsp3) is 0.160. The smallest absolute Gasteiger partial charge is 0.263 e. The Labute approximate surface area is 199 Å². The number of carbonyl (C=O) groups is 1. The number of para-hydroxylation sites is 2. The minimum absolute atomic E-state index is 0.141. The van der Waals surface area contributed by atoms with Crippen LogP contribution in [0.4, 0.5) is 5.69 Å². The predicted octanol–water partition coefficient (Wildman–Crippen LogP) is 5.51. The molecular formula is C25H23N3O3S2. The van der Waals surface area contributed by atoms with Gasteiger partial charge in [-0.3, -0.25) is 14.2 Å². The second-order valence-corrected chi connectivity index (χ2v) is 9.03. The number of aromatic nitrogens is 2. The van der Waals surface area contributed by atoms with Crippen molar-refractivity contribution in [2.45, 2.75) is 23.9 Å². The zero-order valence-corrected chi connectivity index (χ0v) is 19.7. The number of carbonyl (C=O) groups excluding carboxylic acids is 1. The summed E-state index contributed by atoms with van der Waals surface area (Å²) in [6.45, 7) is 6.46. The summed E-state index contributed by atoms with van der Waals surface area (Å²) in [5.74, 6) is 0.371. The number of hydrogen-bond donors (Lipinski definition) is 1. The number of fused-ring (bicyclic) bond motifs is 1. The lowest BCUT2D eigenvalue weighted by Gasteiger charge is -2.19. The Morgan fingerprint density at radius 3 is 2.73 bits per heavy atom. The van der Waals surface area contributed by atoms with E-state index >= 15 is 0 Å². The number of hydrogen-bond acceptors (Lipinski definition) is 6. The van der Waals surface area contributed by atoms with Crippen molar-refractivity contribution in [1.29, 1.82) is 0 Å². The first-order chi connectivity index (χ1) is 16.1. The number of nitrogens with one attached hydrogen (secondary N) is 1. The number of thioether (sulfide) groups is 1. The number of thiophene rings is 1. The maximum Gasteiger partial charge on any atom is 0.263 e. The molecule has 1 atom stereocenters. The number of amides is 1. The number of allylic oxidation sites excluding steroid dienone is 1. The molecule has 4 aromatic rings. The molecule has 2 heterocycles. The first kappa shape index (κ1) is 22.8. The zero-order valence-electron chi connectivity index (χ0n) is 18.1. The molecule has 0 saturated carbocycles. The topological polar surface area (TPSA) is 73.2 Å². The summed E-state index contributed by atoms with van der Waals surface area (Å²) in [5, 5.41) is 5.24. The maximum atomic E-state index is 13.5. The van der Waals surface area contributed by atoms with Gasteiger partial charge in [-0.15, -0.1) is 17.9 Å². The van der Waals surface area contributed by atoms with Crippen molar-refractivity contribution in [1.82, 2.24) is 9.55 Å². The van der Waals surface area contributed by atoms with Crippen molar-refractivity contribution in [3.05, 3.63) is 94.6 Å². The fourth-order valence-corrected chi connectivity index (χ4v) is 5.28. The third kappa shape index (κ3) is 5.02. The molecule has 0 aliphatic carbocycles. The maximum absolute atomic E-state index is 13.5. The number of nitrogens with zero attached hydrogens (tertiary/aromatic N) is 2. The van der Waals surface area contributed by atoms with Crippen molar-refractivity contribution in [2.24, 2.45) is 0 Å². The van der Waals surface area contributed by atoms with Gasteiger partial charge in [-0.05, 0) is 36.1 Å². The van der Waals surface area contributed by atoms with Gasteiger partial charge in [0.05, 0.1) is 17.7 Å². The van der Waals surface area contributed by atoms with Crippen LogP contribution in [0.1, 0.15) is 17.7 Å². The second kappa shape index (κ2) is 10.5. The summed E-state index contributed by atoms with van der Waals surface area (Å²) in [6.07, 6.45) is 1.65. The lowest BCUT2D eigenvalue weighted by atomic mass is 10.1. The van der Waals surface area contributed by atoms with Crippen molar-refractivity contribution < 1.29 is 9.53 Å². The van der Waals surface area contributed by atoms with E-state index in [4.69, 9.17) is 9.72 Å². The highest BCUT2D eigenvalue weighted by Crippen LogP contribution is 2.37. The van der Waals surface area contributed by atoms with E-state index in [1.807, 2.05) is 60.8 Å². The third-order valence-corrected chi connectivity index (χ3v) is 6.92. The second-order valence-electron chi connectivity index (χ2n) is 7.07. The highest BCUT2D eigenvalue weighted by molar-refractivity contribution is 8.00. The monoisotopic (exact) mass is 477 g/mol. The van der Waals surface area contributed by atoms with Crippen LogP contribution in [0.25, 0.3) is 10.2 Å². The number of ether oxygens (including phenoxy) is 1. The molecule has 2 aromatic heterocycles. The van der Waals surface area contributed by atoms with Gasteiger partial charge in [0.25, 0.3) is 5.56 Å².